The lowest BCUT2D eigenvalue weighted by atomic mass is 10.0. The minimum absolute atomic E-state index is 0.185. The van der Waals surface area contributed by atoms with E-state index in [1.807, 2.05) is 25.1 Å². The first-order valence-electron chi connectivity index (χ1n) is 9.45. The Labute approximate surface area is 175 Å². The second-order valence-corrected chi connectivity index (χ2v) is 8.76. The zero-order valence-corrected chi connectivity index (χ0v) is 17.4. The van der Waals surface area contributed by atoms with Crippen molar-refractivity contribution in [2.75, 3.05) is 4.72 Å². The largest absolute Gasteiger partial charge is 0.464 e. The van der Waals surface area contributed by atoms with Crippen LogP contribution in [0.5, 0.6) is 0 Å². The molecule has 1 amide bonds. The molecule has 0 bridgehead atoms. The predicted molar refractivity (Wildman–Crippen MR) is 114 cm³/mol. The Balaban J connectivity index is 1.61. The van der Waals surface area contributed by atoms with Gasteiger partial charge in [-0.1, -0.05) is 30.3 Å². The number of carbonyl (C=O) groups is 1. The van der Waals surface area contributed by atoms with E-state index in [-0.39, 0.29) is 16.8 Å². The van der Waals surface area contributed by atoms with Gasteiger partial charge in [-0.2, -0.15) is 5.10 Å². The van der Waals surface area contributed by atoms with Crippen molar-refractivity contribution in [2.24, 2.45) is 5.10 Å². The summed E-state index contributed by atoms with van der Waals surface area (Å²) in [5, 5.41) is 5.89. The van der Waals surface area contributed by atoms with Crippen molar-refractivity contribution in [3.8, 4) is 0 Å². The summed E-state index contributed by atoms with van der Waals surface area (Å²) in [5.41, 5.74) is 1.84. The Morgan fingerprint density at radius 2 is 1.87 bits per heavy atom. The fraction of sp³-hybridized carbons (Fsp3) is 0.182. The van der Waals surface area contributed by atoms with Crippen LogP contribution in [0.15, 0.2) is 81.1 Å². The molecule has 0 saturated carbocycles. The lowest BCUT2D eigenvalue weighted by Gasteiger charge is -2.17. The maximum atomic E-state index is 12.6. The average Bonchev–Trinajstić information content (AvgIpc) is 3.35. The van der Waals surface area contributed by atoms with Crippen LogP contribution in [0.1, 0.15) is 36.5 Å². The highest BCUT2D eigenvalue weighted by atomic mass is 32.2. The molecule has 1 aliphatic heterocycles. The van der Waals surface area contributed by atoms with Crippen molar-refractivity contribution in [3.63, 3.8) is 0 Å². The number of nitrogens with zero attached hydrogens (tertiary/aromatic N) is 2. The summed E-state index contributed by atoms with van der Waals surface area (Å²) < 4.78 is 33.5. The van der Waals surface area contributed by atoms with Crippen molar-refractivity contribution in [1.29, 1.82) is 0 Å². The van der Waals surface area contributed by atoms with Crippen LogP contribution in [-0.4, -0.2) is 25.0 Å². The zero-order valence-electron chi connectivity index (χ0n) is 16.6. The second-order valence-electron chi connectivity index (χ2n) is 7.08. The molecule has 0 saturated heterocycles. The molecule has 0 aliphatic carbocycles. The highest BCUT2D eigenvalue weighted by Crippen LogP contribution is 2.34. The van der Waals surface area contributed by atoms with Gasteiger partial charge in [0.2, 0.25) is 5.91 Å². The summed E-state index contributed by atoms with van der Waals surface area (Å²) in [4.78, 5) is 12.3. The number of hydrogen-bond acceptors (Lipinski definition) is 5. The van der Waals surface area contributed by atoms with Gasteiger partial charge < -0.3 is 4.42 Å². The van der Waals surface area contributed by atoms with Gasteiger partial charge in [0.05, 0.1) is 10.6 Å². The molecular weight excluding hydrogens is 402 g/mol. The Bertz CT molecular complexity index is 1220. The summed E-state index contributed by atoms with van der Waals surface area (Å²) in [6, 6.07) is 18.5. The monoisotopic (exact) mass is 423 g/mol. The Morgan fingerprint density at radius 1 is 1.10 bits per heavy atom. The van der Waals surface area contributed by atoms with E-state index in [1.54, 1.807) is 36.4 Å². The first-order valence-corrected chi connectivity index (χ1v) is 10.9. The number of furan rings is 1. The standard InChI is InChI=1S/C22H21N3O4S/c1-15-11-12-22(29-15)21-14-20(23-25(21)16(2)26)17-7-6-8-18(13-17)24-30(27,28)19-9-4-3-5-10-19/h3-13,21,24H,14H2,1-2H3/t21-/m1/s1. The summed E-state index contributed by atoms with van der Waals surface area (Å²) in [7, 11) is -3.70. The summed E-state index contributed by atoms with van der Waals surface area (Å²) in [5.74, 6) is 1.24. The van der Waals surface area contributed by atoms with E-state index in [0.717, 1.165) is 11.3 Å². The molecule has 2 heterocycles. The summed E-state index contributed by atoms with van der Waals surface area (Å²) >= 11 is 0. The highest BCUT2D eigenvalue weighted by molar-refractivity contribution is 7.92. The van der Waals surface area contributed by atoms with Crippen LogP contribution in [-0.2, 0) is 14.8 Å². The van der Waals surface area contributed by atoms with Gasteiger partial charge in [0.15, 0.2) is 0 Å². The van der Waals surface area contributed by atoms with Crippen molar-refractivity contribution >= 4 is 27.3 Å². The normalized spacial score (nSPS) is 16.4. The van der Waals surface area contributed by atoms with Crippen LogP contribution in [0.4, 0.5) is 5.69 Å². The number of hydrazone groups is 1. The molecule has 0 unspecified atom stereocenters. The second kappa shape index (κ2) is 7.79. The minimum Gasteiger partial charge on any atom is -0.464 e. The molecule has 3 aromatic rings. The molecule has 4 rings (SSSR count). The van der Waals surface area contributed by atoms with Gasteiger partial charge in [0, 0.05) is 19.0 Å². The van der Waals surface area contributed by atoms with Crippen LogP contribution in [0.2, 0.25) is 0 Å². The molecule has 30 heavy (non-hydrogen) atoms. The zero-order chi connectivity index (χ0) is 21.3. The van der Waals surface area contributed by atoms with E-state index >= 15 is 0 Å². The van der Waals surface area contributed by atoms with Crippen LogP contribution < -0.4 is 4.72 Å². The van der Waals surface area contributed by atoms with Crippen molar-refractivity contribution < 1.29 is 17.6 Å². The molecule has 7 nitrogen and oxygen atoms in total. The molecule has 0 spiro atoms. The van der Waals surface area contributed by atoms with Gasteiger partial charge in [-0.3, -0.25) is 9.52 Å². The fourth-order valence-electron chi connectivity index (χ4n) is 3.41. The van der Waals surface area contributed by atoms with Crippen LogP contribution >= 0.6 is 0 Å². The topological polar surface area (TPSA) is 92.0 Å². The molecular formula is C22H21N3O4S. The third kappa shape index (κ3) is 3.99. The molecule has 2 aromatic carbocycles. The van der Waals surface area contributed by atoms with Crippen molar-refractivity contribution in [3.05, 3.63) is 83.8 Å². The number of aryl methyl sites for hydroxylation is 1. The van der Waals surface area contributed by atoms with Crippen LogP contribution in [0.3, 0.4) is 0 Å². The lowest BCUT2D eigenvalue weighted by molar-refractivity contribution is -0.130. The quantitative estimate of drug-likeness (QED) is 0.669. The van der Waals surface area contributed by atoms with Gasteiger partial charge in [0.1, 0.15) is 17.6 Å². The van der Waals surface area contributed by atoms with Gasteiger partial charge in [-0.05, 0) is 48.9 Å². The van der Waals surface area contributed by atoms with Crippen LogP contribution in [0.25, 0.3) is 0 Å². The van der Waals surface area contributed by atoms with E-state index in [0.29, 0.717) is 23.6 Å². The molecule has 0 radical (unpaired) electrons. The van der Waals surface area contributed by atoms with E-state index in [9.17, 15) is 13.2 Å². The summed E-state index contributed by atoms with van der Waals surface area (Å²) in [6.07, 6.45) is 0.474. The van der Waals surface area contributed by atoms with Gasteiger partial charge in [0.25, 0.3) is 10.0 Å². The van der Waals surface area contributed by atoms with E-state index in [2.05, 4.69) is 9.82 Å². The Morgan fingerprint density at radius 3 is 2.53 bits per heavy atom. The number of amides is 1. The third-order valence-electron chi connectivity index (χ3n) is 4.82. The molecule has 1 atom stereocenters. The van der Waals surface area contributed by atoms with E-state index < -0.39 is 10.0 Å². The van der Waals surface area contributed by atoms with Crippen LogP contribution in [0, 0.1) is 6.92 Å². The predicted octanol–water partition coefficient (Wildman–Crippen LogP) is 4.09. The Kier molecular flexibility index (Phi) is 5.17. The lowest BCUT2D eigenvalue weighted by Crippen LogP contribution is -2.23. The fourth-order valence-corrected chi connectivity index (χ4v) is 4.48. The van der Waals surface area contributed by atoms with Gasteiger partial charge in [-0.15, -0.1) is 0 Å². The highest BCUT2D eigenvalue weighted by Gasteiger charge is 2.33. The minimum atomic E-state index is -3.70. The van der Waals surface area contributed by atoms with Gasteiger partial charge in [-0.25, -0.2) is 13.4 Å². The molecule has 8 heteroatoms. The first kappa shape index (κ1) is 19.9. The maximum absolute atomic E-state index is 12.6. The number of nitrogens with one attached hydrogen (secondary N) is 1. The third-order valence-corrected chi connectivity index (χ3v) is 6.22. The number of carbonyl (C=O) groups excluding carboxylic acids is 1. The molecule has 1 N–H and O–H groups in total. The van der Waals surface area contributed by atoms with Crippen molar-refractivity contribution in [2.45, 2.75) is 31.2 Å². The van der Waals surface area contributed by atoms with E-state index in [1.165, 1.54) is 24.1 Å². The van der Waals surface area contributed by atoms with Crippen molar-refractivity contribution in [1.82, 2.24) is 5.01 Å². The number of benzene rings is 2. The number of sulfonamides is 1. The summed E-state index contributed by atoms with van der Waals surface area (Å²) in [6.45, 7) is 3.31. The molecule has 154 valence electrons. The molecule has 1 aliphatic rings. The number of rotatable bonds is 5. The SMILES string of the molecule is CC(=O)N1N=C(c2cccc(NS(=O)(=O)c3ccccc3)c2)C[C@@H]1c1ccc(C)o1. The number of hydrogen-bond donors (Lipinski definition) is 1. The molecule has 0 fully saturated rings. The average molecular weight is 423 g/mol. The van der Waals surface area contributed by atoms with Gasteiger partial charge >= 0.3 is 0 Å². The number of anilines is 1. The Hall–Kier alpha value is -3.39. The maximum Gasteiger partial charge on any atom is 0.261 e. The first-order chi connectivity index (χ1) is 14.3. The smallest absolute Gasteiger partial charge is 0.261 e. The van der Waals surface area contributed by atoms with E-state index in [4.69, 9.17) is 4.42 Å². The molecule has 1 aromatic heterocycles.